The fourth-order valence-electron chi connectivity index (χ4n) is 5.84. The van der Waals surface area contributed by atoms with E-state index in [0.717, 1.165) is 82.4 Å². The lowest BCUT2D eigenvalue weighted by Crippen LogP contribution is -2.58. The van der Waals surface area contributed by atoms with Crippen molar-refractivity contribution in [3.63, 3.8) is 0 Å². The van der Waals surface area contributed by atoms with E-state index in [2.05, 4.69) is 62.4 Å². The van der Waals surface area contributed by atoms with Crippen LogP contribution in [0.15, 0.2) is 53.5 Å². The third-order valence-electron chi connectivity index (χ3n) is 8.00. The number of halogens is 5. The number of rotatable bonds is 5. The van der Waals surface area contributed by atoms with E-state index in [4.69, 9.17) is 4.99 Å². The normalized spacial score (nSPS) is 22.8. The van der Waals surface area contributed by atoms with Gasteiger partial charge in [0.1, 0.15) is 17.2 Å². The van der Waals surface area contributed by atoms with Crippen LogP contribution in [0.25, 0.3) is 0 Å². The quantitative estimate of drug-likeness (QED) is 0.499. The Morgan fingerprint density at radius 3 is 1.92 bits per heavy atom. The summed E-state index contributed by atoms with van der Waals surface area (Å²) in [4.78, 5) is 15.2. The number of fused-ring (bicyclic) bond motifs is 1. The summed E-state index contributed by atoms with van der Waals surface area (Å²) in [6.07, 6.45) is -4.04. The minimum absolute atomic E-state index is 0. The van der Waals surface area contributed by atoms with Gasteiger partial charge < -0.3 is 19.4 Å². The molecule has 2 aromatic carbocycles. The summed E-state index contributed by atoms with van der Waals surface area (Å²) in [6.45, 7) is 13.8. The molecular formula is C28H38Cl2F3N5O. The van der Waals surface area contributed by atoms with Gasteiger partial charge >= 0.3 is 6.36 Å². The SMILES string of the molecule is CCN1CCN(C2=NC(c3ccc(OC(F)(F)F)cc3)(N3CCN(CC)CC3)Cc3ccccc32)CC1.Cl.Cl. The van der Waals surface area contributed by atoms with E-state index in [1.54, 1.807) is 12.1 Å². The van der Waals surface area contributed by atoms with Crippen molar-refractivity contribution in [2.75, 3.05) is 65.4 Å². The van der Waals surface area contributed by atoms with Gasteiger partial charge in [0, 0.05) is 64.3 Å². The van der Waals surface area contributed by atoms with E-state index in [1.165, 1.54) is 17.7 Å². The maximum atomic E-state index is 12.8. The minimum atomic E-state index is -4.72. The maximum Gasteiger partial charge on any atom is 0.573 e. The number of aliphatic imine (C=N–C) groups is 1. The zero-order valence-corrected chi connectivity index (χ0v) is 24.1. The second-order valence-corrected chi connectivity index (χ2v) is 10.0. The van der Waals surface area contributed by atoms with Crippen molar-refractivity contribution < 1.29 is 17.9 Å². The van der Waals surface area contributed by atoms with Crippen LogP contribution in [0.1, 0.15) is 30.5 Å². The molecule has 0 N–H and O–H groups in total. The van der Waals surface area contributed by atoms with Gasteiger partial charge in [-0.2, -0.15) is 0 Å². The van der Waals surface area contributed by atoms with E-state index in [0.29, 0.717) is 6.42 Å². The topological polar surface area (TPSA) is 34.6 Å². The molecule has 0 amide bonds. The van der Waals surface area contributed by atoms with Crippen LogP contribution in [-0.2, 0) is 12.1 Å². The summed E-state index contributed by atoms with van der Waals surface area (Å²) < 4.78 is 42.7. The van der Waals surface area contributed by atoms with Crippen molar-refractivity contribution in [3.05, 3.63) is 65.2 Å². The molecule has 11 heteroatoms. The van der Waals surface area contributed by atoms with Crippen molar-refractivity contribution in [1.82, 2.24) is 19.6 Å². The molecule has 2 saturated heterocycles. The van der Waals surface area contributed by atoms with E-state index < -0.39 is 12.0 Å². The Morgan fingerprint density at radius 2 is 1.36 bits per heavy atom. The van der Waals surface area contributed by atoms with Gasteiger partial charge in [-0.15, -0.1) is 38.0 Å². The molecule has 0 radical (unpaired) electrons. The number of piperazine rings is 2. The third kappa shape index (κ3) is 6.82. The molecule has 2 fully saturated rings. The summed E-state index contributed by atoms with van der Waals surface area (Å²) in [5.74, 6) is 0.782. The van der Waals surface area contributed by atoms with Gasteiger partial charge in [0.05, 0.1) is 0 Å². The van der Waals surface area contributed by atoms with Crippen molar-refractivity contribution in [1.29, 1.82) is 0 Å². The Morgan fingerprint density at radius 1 is 0.795 bits per heavy atom. The first-order valence-corrected chi connectivity index (χ1v) is 13.3. The van der Waals surface area contributed by atoms with Crippen molar-refractivity contribution in [2.45, 2.75) is 32.3 Å². The Bertz CT molecular complexity index is 1100. The molecular weight excluding hydrogens is 550 g/mol. The molecule has 1 unspecified atom stereocenters. The number of hydrogen-bond acceptors (Lipinski definition) is 6. The minimum Gasteiger partial charge on any atom is -0.406 e. The fraction of sp³-hybridized carbons (Fsp3) is 0.536. The number of likely N-dealkylation sites (N-methyl/N-ethyl adjacent to an activating group) is 2. The van der Waals surface area contributed by atoms with Crippen LogP contribution in [-0.4, -0.2) is 97.2 Å². The number of hydrogen-bond donors (Lipinski definition) is 0. The maximum absolute atomic E-state index is 12.8. The highest BCUT2D eigenvalue weighted by Gasteiger charge is 2.44. The Balaban J connectivity index is 0.00000210. The molecule has 216 valence electrons. The second-order valence-electron chi connectivity index (χ2n) is 10.0. The summed E-state index contributed by atoms with van der Waals surface area (Å²) >= 11 is 0. The largest absolute Gasteiger partial charge is 0.573 e. The number of alkyl halides is 3. The number of ether oxygens (including phenoxy) is 1. The van der Waals surface area contributed by atoms with Gasteiger partial charge in [0.2, 0.25) is 0 Å². The predicted octanol–water partition coefficient (Wildman–Crippen LogP) is 4.86. The first-order chi connectivity index (χ1) is 17.8. The molecule has 0 spiro atoms. The predicted molar refractivity (Wildman–Crippen MR) is 153 cm³/mol. The molecule has 6 nitrogen and oxygen atoms in total. The van der Waals surface area contributed by atoms with Gasteiger partial charge in [0.25, 0.3) is 0 Å². The standard InChI is InChI=1S/C28H36F3N5O.2ClH/c1-3-33-13-17-35(18-14-33)26-25-8-6-5-7-22(25)21-27(32-26,36-19-15-34(4-2)16-20-36)23-9-11-24(12-10-23)37-28(29,30)31;;/h5-12H,3-4,13-21H2,1-2H3;2*1H. The van der Waals surface area contributed by atoms with Gasteiger partial charge in [-0.3, -0.25) is 4.90 Å². The number of benzene rings is 2. The van der Waals surface area contributed by atoms with Gasteiger partial charge in [-0.05, 0) is 36.3 Å². The third-order valence-corrected chi connectivity index (χ3v) is 8.00. The van der Waals surface area contributed by atoms with E-state index in [-0.39, 0.29) is 30.6 Å². The molecule has 1 atom stereocenters. The molecule has 0 aromatic heterocycles. The monoisotopic (exact) mass is 587 g/mol. The first kappa shape index (κ1) is 31.5. The Labute approximate surface area is 241 Å². The zero-order chi connectivity index (χ0) is 26.0. The first-order valence-electron chi connectivity index (χ1n) is 13.3. The number of amidine groups is 1. The van der Waals surface area contributed by atoms with Crippen molar-refractivity contribution in [2.24, 2.45) is 4.99 Å². The summed E-state index contributed by atoms with van der Waals surface area (Å²) in [6, 6.07) is 14.8. The summed E-state index contributed by atoms with van der Waals surface area (Å²) in [7, 11) is 0. The Hall–Kier alpha value is -2.04. The highest BCUT2D eigenvalue weighted by molar-refractivity contribution is 6.01. The van der Waals surface area contributed by atoms with E-state index in [1.807, 2.05) is 0 Å². The van der Waals surface area contributed by atoms with Gasteiger partial charge in [0.15, 0.2) is 0 Å². The Kier molecular flexibility index (Phi) is 10.6. The van der Waals surface area contributed by atoms with Crippen molar-refractivity contribution in [3.8, 4) is 5.75 Å². The zero-order valence-electron chi connectivity index (χ0n) is 22.5. The number of nitrogens with zero attached hydrogens (tertiary/aromatic N) is 5. The van der Waals surface area contributed by atoms with Crippen LogP contribution in [0, 0.1) is 0 Å². The molecule has 3 aliphatic rings. The smallest absolute Gasteiger partial charge is 0.406 e. The molecule has 39 heavy (non-hydrogen) atoms. The molecule has 0 aliphatic carbocycles. The van der Waals surface area contributed by atoms with Gasteiger partial charge in [-0.25, -0.2) is 4.99 Å². The summed E-state index contributed by atoms with van der Waals surface area (Å²) in [5, 5.41) is 0. The molecule has 2 aromatic rings. The van der Waals surface area contributed by atoms with E-state index in [9.17, 15) is 13.2 Å². The molecule has 3 aliphatic heterocycles. The summed E-state index contributed by atoms with van der Waals surface area (Å²) in [5.41, 5.74) is 2.58. The fourth-order valence-corrected chi connectivity index (χ4v) is 5.84. The average Bonchev–Trinajstić information content (AvgIpc) is 2.92. The van der Waals surface area contributed by atoms with Gasteiger partial charge in [-0.1, -0.05) is 50.2 Å². The average molecular weight is 589 g/mol. The lowest BCUT2D eigenvalue weighted by atomic mass is 9.84. The molecule has 0 bridgehead atoms. The van der Waals surface area contributed by atoms with Crippen LogP contribution in [0.5, 0.6) is 5.75 Å². The van der Waals surface area contributed by atoms with Crippen LogP contribution in [0.4, 0.5) is 13.2 Å². The van der Waals surface area contributed by atoms with Crippen LogP contribution >= 0.6 is 24.8 Å². The lowest BCUT2D eigenvalue weighted by Gasteiger charge is -2.49. The molecule has 5 rings (SSSR count). The van der Waals surface area contributed by atoms with E-state index >= 15 is 0 Å². The lowest BCUT2D eigenvalue weighted by molar-refractivity contribution is -0.274. The molecule has 0 saturated carbocycles. The highest BCUT2D eigenvalue weighted by Crippen LogP contribution is 2.41. The highest BCUT2D eigenvalue weighted by atomic mass is 35.5. The molecule has 3 heterocycles. The van der Waals surface area contributed by atoms with Crippen molar-refractivity contribution >= 4 is 30.6 Å². The van der Waals surface area contributed by atoms with Crippen LogP contribution in [0.2, 0.25) is 0 Å². The van der Waals surface area contributed by atoms with Crippen LogP contribution < -0.4 is 4.74 Å². The second kappa shape index (κ2) is 13.1. The van der Waals surface area contributed by atoms with Crippen LogP contribution in [0.3, 0.4) is 0 Å².